The largest absolute Gasteiger partial charge is 0.489 e. The molecule has 0 saturated heterocycles. The summed E-state index contributed by atoms with van der Waals surface area (Å²) in [5.41, 5.74) is 7.98. The normalized spacial score (nSPS) is 10.1. The minimum Gasteiger partial charge on any atom is -0.489 e. The highest BCUT2D eigenvalue weighted by molar-refractivity contribution is 5.95. The quantitative estimate of drug-likeness (QED) is 0.588. The Hall–Kier alpha value is -3.80. The fraction of sp³-hybridized carbons (Fsp3) is 0.0909. The van der Waals surface area contributed by atoms with E-state index in [4.69, 9.17) is 10.5 Å². The third-order valence-electron chi connectivity index (χ3n) is 4.07. The molecule has 0 spiro atoms. The van der Waals surface area contributed by atoms with Crippen LogP contribution < -0.4 is 21.1 Å². The van der Waals surface area contributed by atoms with Crippen LogP contribution in [0.15, 0.2) is 78.9 Å². The van der Waals surface area contributed by atoms with Gasteiger partial charge in [0, 0.05) is 23.4 Å². The van der Waals surface area contributed by atoms with E-state index in [1.165, 1.54) is 0 Å². The van der Waals surface area contributed by atoms with Crippen LogP contribution in [-0.2, 0) is 13.2 Å². The molecule has 0 radical (unpaired) electrons. The van der Waals surface area contributed by atoms with Gasteiger partial charge in [0.1, 0.15) is 12.4 Å². The highest BCUT2D eigenvalue weighted by atomic mass is 16.5. The first kappa shape index (κ1) is 19.0. The molecule has 3 amide bonds. The van der Waals surface area contributed by atoms with Gasteiger partial charge in [-0.2, -0.15) is 0 Å². The van der Waals surface area contributed by atoms with Gasteiger partial charge in [-0.1, -0.05) is 48.5 Å². The molecule has 0 bridgehead atoms. The van der Waals surface area contributed by atoms with Crippen LogP contribution in [0.3, 0.4) is 0 Å². The van der Waals surface area contributed by atoms with E-state index in [2.05, 4.69) is 10.6 Å². The van der Waals surface area contributed by atoms with Crippen molar-refractivity contribution in [2.75, 3.05) is 5.32 Å². The number of primary amides is 1. The smallest absolute Gasteiger partial charge is 0.316 e. The molecule has 0 unspecified atom stereocenters. The lowest BCUT2D eigenvalue weighted by Crippen LogP contribution is -2.24. The maximum absolute atomic E-state index is 12.6. The molecule has 6 heteroatoms. The van der Waals surface area contributed by atoms with Gasteiger partial charge in [-0.05, 0) is 35.9 Å². The first-order valence-corrected chi connectivity index (χ1v) is 8.81. The van der Waals surface area contributed by atoms with Crippen LogP contribution in [0, 0.1) is 0 Å². The molecule has 0 aliphatic rings. The summed E-state index contributed by atoms with van der Waals surface area (Å²) in [5, 5.41) is 5.40. The summed E-state index contributed by atoms with van der Waals surface area (Å²) in [5.74, 6) is 0.578. The third kappa shape index (κ3) is 5.35. The average Bonchev–Trinajstić information content (AvgIpc) is 2.72. The molecule has 28 heavy (non-hydrogen) atoms. The molecule has 0 fully saturated rings. The maximum Gasteiger partial charge on any atom is 0.316 e. The van der Waals surface area contributed by atoms with Crippen LogP contribution in [0.1, 0.15) is 21.5 Å². The Morgan fingerprint density at radius 3 is 2.25 bits per heavy atom. The third-order valence-corrected chi connectivity index (χ3v) is 4.07. The van der Waals surface area contributed by atoms with Crippen LogP contribution in [0.2, 0.25) is 0 Å². The topological polar surface area (TPSA) is 93.5 Å². The van der Waals surface area contributed by atoms with Crippen LogP contribution in [0.4, 0.5) is 10.5 Å². The molecule has 0 aliphatic carbocycles. The lowest BCUT2D eigenvalue weighted by Gasteiger charge is -2.12. The summed E-state index contributed by atoms with van der Waals surface area (Å²) < 4.78 is 5.77. The first-order chi connectivity index (χ1) is 13.6. The molecule has 0 atom stereocenters. The van der Waals surface area contributed by atoms with Gasteiger partial charge in [0.25, 0.3) is 5.91 Å². The fourth-order valence-electron chi connectivity index (χ4n) is 2.67. The minimum atomic E-state index is -0.615. The standard InChI is InChI=1S/C22H21N3O3/c23-22(27)25-18-12-10-16(11-13-18)14-24-21(26)20-9-5-4-6-17(20)15-28-19-7-2-1-3-8-19/h1-13H,14-15H2,(H,24,26)(H3,23,25,27). The highest BCUT2D eigenvalue weighted by Crippen LogP contribution is 2.15. The maximum atomic E-state index is 12.6. The Bertz CT molecular complexity index is 941. The van der Waals surface area contributed by atoms with Gasteiger partial charge in [-0.15, -0.1) is 0 Å². The van der Waals surface area contributed by atoms with Crippen molar-refractivity contribution in [3.63, 3.8) is 0 Å². The molecule has 0 aromatic heterocycles. The molecule has 3 rings (SSSR count). The van der Waals surface area contributed by atoms with E-state index in [1.807, 2.05) is 60.7 Å². The monoisotopic (exact) mass is 375 g/mol. The second kappa shape index (κ2) is 9.23. The Balaban J connectivity index is 1.60. The summed E-state index contributed by atoms with van der Waals surface area (Å²) in [6, 6.07) is 23.3. The Kier molecular flexibility index (Phi) is 6.25. The van der Waals surface area contributed by atoms with E-state index < -0.39 is 6.03 Å². The van der Waals surface area contributed by atoms with Crippen molar-refractivity contribution in [1.82, 2.24) is 5.32 Å². The number of amides is 3. The predicted octanol–water partition coefficient (Wildman–Crippen LogP) is 3.69. The molecule has 0 heterocycles. The molecule has 142 valence electrons. The number of nitrogens with one attached hydrogen (secondary N) is 2. The second-order valence-corrected chi connectivity index (χ2v) is 6.13. The first-order valence-electron chi connectivity index (χ1n) is 8.81. The molecule has 0 saturated carbocycles. The SMILES string of the molecule is NC(=O)Nc1ccc(CNC(=O)c2ccccc2COc2ccccc2)cc1. The summed E-state index contributed by atoms with van der Waals surface area (Å²) in [7, 11) is 0. The van der Waals surface area contributed by atoms with Crippen molar-refractivity contribution in [2.24, 2.45) is 5.73 Å². The van der Waals surface area contributed by atoms with Gasteiger partial charge in [0.05, 0.1) is 0 Å². The number of anilines is 1. The fourth-order valence-corrected chi connectivity index (χ4v) is 2.67. The van der Waals surface area contributed by atoms with Crippen molar-refractivity contribution in [3.05, 3.63) is 95.6 Å². The van der Waals surface area contributed by atoms with Gasteiger partial charge < -0.3 is 21.1 Å². The van der Waals surface area contributed by atoms with Crippen LogP contribution in [0.5, 0.6) is 5.75 Å². The van der Waals surface area contributed by atoms with Gasteiger partial charge >= 0.3 is 6.03 Å². The van der Waals surface area contributed by atoms with Crippen molar-refractivity contribution in [1.29, 1.82) is 0 Å². The highest BCUT2D eigenvalue weighted by Gasteiger charge is 2.11. The number of hydrogen-bond acceptors (Lipinski definition) is 3. The van der Waals surface area contributed by atoms with Crippen molar-refractivity contribution in [2.45, 2.75) is 13.2 Å². The van der Waals surface area contributed by atoms with E-state index >= 15 is 0 Å². The van der Waals surface area contributed by atoms with E-state index in [0.29, 0.717) is 24.4 Å². The molecular formula is C22H21N3O3. The Labute approximate surface area is 163 Å². The van der Waals surface area contributed by atoms with Gasteiger partial charge in [-0.25, -0.2) is 4.79 Å². The van der Waals surface area contributed by atoms with E-state index in [9.17, 15) is 9.59 Å². The van der Waals surface area contributed by atoms with Gasteiger partial charge in [-0.3, -0.25) is 4.79 Å². The summed E-state index contributed by atoms with van der Waals surface area (Å²) in [6.45, 7) is 0.671. The zero-order chi connectivity index (χ0) is 19.8. The molecule has 6 nitrogen and oxygen atoms in total. The number of rotatable bonds is 7. The number of benzene rings is 3. The van der Waals surface area contributed by atoms with Crippen molar-refractivity contribution < 1.29 is 14.3 Å². The van der Waals surface area contributed by atoms with Crippen molar-refractivity contribution in [3.8, 4) is 5.75 Å². The number of para-hydroxylation sites is 1. The van der Waals surface area contributed by atoms with Crippen LogP contribution in [0.25, 0.3) is 0 Å². The Morgan fingerprint density at radius 1 is 0.857 bits per heavy atom. The summed E-state index contributed by atoms with van der Waals surface area (Å²) >= 11 is 0. The zero-order valence-electron chi connectivity index (χ0n) is 15.2. The predicted molar refractivity (Wildman–Crippen MR) is 108 cm³/mol. The zero-order valence-corrected chi connectivity index (χ0v) is 15.2. The van der Waals surface area contributed by atoms with Gasteiger partial charge in [0.2, 0.25) is 0 Å². The van der Waals surface area contributed by atoms with E-state index in [-0.39, 0.29) is 5.91 Å². The number of urea groups is 1. The number of ether oxygens (including phenoxy) is 1. The lowest BCUT2D eigenvalue weighted by molar-refractivity contribution is 0.0948. The number of nitrogens with two attached hydrogens (primary N) is 1. The summed E-state index contributed by atoms with van der Waals surface area (Å²) in [4.78, 5) is 23.5. The lowest BCUT2D eigenvalue weighted by atomic mass is 10.1. The molecule has 3 aromatic carbocycles. The minimum absolute atomic E-state index is 0.174. The van der Waals surface area contributed by atoms with Crippen molar-refractivity contribution >= 4 is 17.6 Å². The molecule has 4 N–H and O–H groups in total. The Morgan fingerprint density at radius 2 is 1.54 bits per heavy atom. The van der Waals surface area contributed by atoms with Gasteiger partial charge in [0.15, 0.2) is 0 Å². The summed E-state index contributed by atoms with van der Waals surface area (Å²) in [6.07, 6.45) is 0. The number of carbonyl (C=O) groups excluding carboxylic acids is 2. The molecular weight excluding hydrogens is 354 g/mol. The molecule has 3 aromatic rings. The average molecular weight is 375 g/mol. The number of hydrogen-bond donors (Lipinski definition) is 3. The van der Waals surface area contributed by atoms with Crippen LogP contribution in [-0.4, -0.2) is 11.9 Å². The van der Waals surface area contributed by atoms with Crippen LogP contribution >= 0.6 is 0 Å². The second-order valence-electron chi connectivity index (χ2n) is 6.13. The number of carbonyl (C=O) groups is 2. The molecule has 0 aliphatic heterocycles. The van der Waals surface area contributed by atoms with E-state index in [1.54, 1.807) is 18.2 Å². The van der Waals surface area contributed by atoms with E-state index in [0.717, 1.165) is 16.9 Å².